The van der Waals surface area contributed by atoms with Gasteiger partial charge in [0.15, 0.2) is 33.0 Å². The first-order chi connectivity index (χ1) is 19.2. The van der Waals surface area contributed by atoms with Crippen molar-refractivity contribution in [3.63, 3.8) is 0 Å². The van der Waals surface area contributed by atoms with Gasteiger partial charge in [-0.3, -0.25) is 24.5 Å². The zero-order chi connectivity index (χ0) is 29.9. The maximum absolute atomic E-state index is 14.9. The Morgan fingerprint density at radius 1 is 0.902 bits per heavy atom. The molecule has 4 amide bonds. The molecule has 2 aliphatic heterocycles. The van der Waals surface area contributed by atoms with Crippen molar-refractivity contribution in [2.24, 2.45) is 17.8 Å². The monoisotopic (exact) mass is 614 g/mol. The number of anilines is 1. The molecule has 2 N–H and O–H groups in total. The van der Waals surface area contributed by atoms with Gasteiger partial charge in [-0.1, -0.05) is 23.8 Å². The predicted octanol–water partition coefficient (Wildman–Crippen LogP) is 4.25. The van der Waals surface area contributed by atoms with E-state index in [4.69, 9.17) is 23.2 Å². The molecule has 2 heterocycles. The lowest BCUT2D eigenvalue weighted by Gasteiger charge is -2.50. The first-order valence-corrected chi connectivity index (χ1v) is 13.0. The number of phenolic OH excluding ortho intramolecular Hbond substituents is 1. The Labute approximate surface area is 237 Å². The lowest BCUT2D eigenvalue weighted by atomic mass is 9.56. The van der Waals surface area contributed by atoms with E-state index < -0.39 is 98.2 Å². The van der Waals surface area contributed by atoms with Crippen molar-refractivity contribution in [1.82, 2.24) is 5.32 Å². The minimum absolute atomic E-state index is 0.0490. The summed E-state index contributed by atoms with van der Waals surface area (Å²) in [4.78, 5) is 47.9. The van der Waals surface area contributed by atoms with Gasteiger partial charge in [-0.25, -0.2) is 26.9 Å². The van der Waals surface area contributed by atoms with Crippen molar-refractivity contribution in [2.45, 2.75) is 35.4 Å². The first kappa shape index (κ1) is 27.6. The van der Waals surface area contributed by atoms with Crippen LogP contribution in [0.4, 0.5) is 27.6 Å². The third-order valence-corrected chi connectivity index (χ3v) is 10.0. The average Bonchev–Trinajstić information content (AvgIpc) is 3.30. The van der Waals surface area contributed by atoms with Gasteiger partial charge >= 0.3 is 0 Å². The number of allylic oxidation sites excluding steroid dienone is 2. The van der Waals surface area contributed by atoms with Crippen LogP contribution in [0.15, 0.2) is 29.8 Å². The molecular weight excluding hydrogens is 598 g/mol. The molecule has 7 nitrogen and oxygen atoms in total. The molecule has 6 unspecified atom stereocenters. The molecule has 0 radical (unpaired) electrons. The number of phenols is 1. The fourth-order valence-corrected chi connectivity index (χ4v) is 7.64. The second kappa shape index (κ2) is 8.75. The smallest absolute Gasteiger partial charge is 0.258 e. The number of imide groups is 2. The summed E-state index contributed by atoms with van der Waals surface area (Å²) in [5.41, 5.74) is -0.996. The molecule has 0 bridgehead atoms. The quantitative estimate of drug-likeness (QED) is 0.131. The lowest BCUT2D eigenvalue weighted by Crippen LogP contribution is -2.60. The van der Waals surface area contributed by atoms with Crippen LogP contribution in [0.5, 0.6) is 5.75 Å². The van der Waals surface area contributed by atoms with E-state index in [1.165, 1.54) is 25.1 Å². The number of carbonyl (C=O) groups is 4. The van der Waals surface area contributed by atoms with Gasteiger partial charge in [-0.2, -0.15) is 0 Å². The number of nitrogens with zero attached hydrogens (tertiary/aromatic N) is 1. The number of nitrogens with one attached hydrogen (secondary N) is 1. The van der Waals surface area contributed by atoms with Crippen molar-refractivity contribution in [2.75, 3.05) is 4.90 Å². The average molecular weight is 615 g/mol. The third-order valence-electron chi connectivity index (χ3n) is 8.62. The van der Waals surface area contributed by atoms with Gasteiger partial charge in [0, 0.05) is 5.92 Å². The fourth-order valence-electron chi connectivity index (χ4n) is 6.71. The minimum Gasteiger partial charge on any atom is -0.508 e. The SMILES string of the molecule is Cc1cc(C2C3=CCC4C(=O)NC(=O)C4C3CC3(Cl)C(=O)N(c4c(F)c(F)c(F)c(F)c4F)C(=O)C23Cl)ccc1O. The molecule has 0 aromatic heterocycles. The molecule has 14 heteroatoms. The van der Waals surface area contributed by atoms with E-state index in [0.29, 0.717) is 11.1 Å². The maximum Gasteiger partial charge on any atom is 0.258 e. The predicted molar refractivity (Wildman–Crippen MR) is 132 cm³/mol. The van der Waals surface area contributed by atoms with Crippen LogP contribution in [0, 0.1) is 53.8 Å². The molecule has 0 spiro atoms. The molecule has 3 fully saturated rings. The van der Waals surface area contributed by atoms with Crippen LogP contribution in [0.2, 0.25) is 0 Å². The zero-order valence-corrected chi connectivity index (χ0v) is 22.2. The molecule has 2 saturated heterocycles. The number of benzene rings is 2. The van der Waals surface area contributed by atoms with Crippen LogP contribution in [0.1, 0.15) is 29.9 Å². The summed E-state index contributed by atoms with van der Waals surface area (Å²) in [5.74, 6) is -20.9. The van der Waals surface area contributed by atoms with Gasteiger partial charge in [-0.15, -0.1) is 23.2 Å². The van der Waals surface area contributed by atoms with Crippen LogP contribution in [-0.2, 0) is 19.2 Å². The standard InChI is InChI=1S/C27H17Cl2F5N2O5/c1-8-6-9(2-5-13(8)37)15-10-3-4-11-14(23(39)35-22(11)38)12(10)7-26(28)24(40)36(25(41)27(15,26)29)21-19(33)17(31)16(30)18(32)20(21)34/h2-3,5-6,11-12,14-15,37H,4,7H2,1H3,(H,35,38,39). The number of hydrogen-bond donors (Lipinski definition) is 2. The summed E-state index contributed by atoms with van der Waals surface area (Å²) in [5, 5.41) is 12.3. The zero-order valence-electron chi connectivity index (χ0n) is 20.7. The molecular formula is C27H17Cl2F5N2O5. The Bertz CT molecular complexity index is 1640. The number of carbonyl (C=O) groups excluding carboxylic acids is 4. The number of rotatable bonds is 2. The van der Waals surface area contributed by atoms with Crippen LogP contribution in [0.3, 0.4) is 0 Å². The van der Waals surface area contributed by atoms with Crippen molar-refractivity contribution in [1.29, 1.82) is 0 Å². The molecule has 214 valence electrons. The number of fused-ring (bicyclic) bond motifs is 4. The van der Waals surface area contributed by atoms with Gasteiger partial charge in [0.2, 0.25) is 17.6 Å². The van der Waals surface area contributed by atoms with Crippen molar-refractivity contribution >= 4 is 52.5 Å². The van der Waals surface area contributed by atoms with Crippen LogP contribution >= 0.6 is 23.2 Å². The van der Waals surface area contributed by atoms with E-state index in [2.05, 4.69) is 5.32 Å². The summed E-state index contributed by atoms with van der Waals surface area (Å²) in [7, 11) is 0. The largest absolute Gasteiger partial charge is 0.508 e. The summed E-state index contributed by atoms with van der Waals surface area (Å²) >= 11 is 13.9. The van der Waals surface area contributed by atoms with Crippen molar-refractivity contribution < 1.29 is 46.2 Å². The third kappa shape index (κ3) is 3.31. The highest BCUT2D eigenvalue weighted by atomic mass is 35.5. The van der Waals surface area contributed by atoms with Gasteiger partial charge < -0.3 is 5.11 Å². The first-order valence-electron chi connectivity index (χ1n) is 12.3. The summed E-state index contributed by atoms with van der Waals surface area (Å²) in [6.07, 6.45) is 1.06. The Balaban J connectivity index is 1.62. The normalized spacial score (nSPS) is 32.5. The Kier molecular flexibility index (Phi) is 5.90. The second-order valence-corrected chi connectivity index (χ2v) is 11.8. The molecule has 1 saturated carbocycles. The van der Waals surface area contributed by atoms with Crippen LogP contribution < -0.4 is 10.2 Å². The number of hydrogen-bond acceptors (Lipinski definition) is 5. The van der Waals surface area contributed by atoms with Gasteiger partial charge in [0.1, 0.15) is 11.4 Å². The highest BCUT2D eigenvalue weighted by molar-refractivity contribution is 6.58. The van der Waals surface area contributed by atoms with Crippen molar-refractivity contribution in [3.8, 4) is 5.75 Å². The molecule has 2 aromatic carbocycles. The van der Waals surface area contributed by atoms with Crippen molar-refractivity contribution in [3.05, 3.63) is 70.1 Å². The molecule has 41 heavy (non-hydrogen) atoms. The lowest BCUT2D eigenvalue weighted by molar-refractivity contribution is -0.127. The van der Waals surface area contributed by atoms with Gasteiger partial charge in [0.25, 0.3) is 11.8 Å². The highest BCUT2D eigenvalue weighted by Crippen LogP contribution is 2.65. The molecule has 4 aliphatic rings. The summed E-state index contributed by atoms with van der Waals surface area (Å²) in [6.45, 7) is 1.52. The molecule has 6 atom stereocenters. The van der Waals surface area contributed by atoms with Gasteiger partial charge in [-0.05, 0) is 42.9 Å². The topological polar surface area (TPSA) is 104 Å². The minimum atomic E-state index is -2.59. The molecule has 2 aromatic rings. The Hall–Kier alpha value is -3.51. The molecule has 2 aliphatic carbocycles. The van der Waals surface area contributed by atoms with Gasteiger partial charge in [0.05, 0.1) is 11.8 Å². The number of halogens is 7. The van der Waals surface area contributed by atoms with E-state index >= 15 is 0 Å². The highest BCUT2D eigenvalue weighted by Gasteiger charge is 2.77. The van der Waals surface area contributed by atoms with E-state index in [1.54, 1.807) is 6.08 Å². The fraction of sp³-hybridized carbons (Fsp3) is 0.333. The summed E-state index contributed by atoms with van der Waals surface area (Å²) < 4.78 is 72.0. The number of amides is 4. The van der Waals surface area contributed by atoms with E-state index in [1.807, 2.05) is 0 Å². The van der Waals surface area contributed by atoms with Crippen LogP contribution in [0.25, 0.3) is 0 Å². The van der Waals surface area contributed by atoms with E-state index in [0.717, 1.165) is 0 Å². The summed E-state index contributed by atoms with van der Waals surface area (Å²) in [6, 6.07) is 4.06. The Morgan fingerprint density at radius 3 is 2.12 bits per heavy atom. The number of aromatic hydroxyl groups is 1. The van der Waals surface area contributed by atoms with E-state index in [9.17, 15) is 46.2 Å². The number of aryl methyl sites for hydroxylation is 1. The molecule has 6 rings (SSSR count). The maximum atomic E-state index is 14.9. The number of alkyl halides is 2. The van der Waals surface area contributed by atoms with E-state index in [-0.39, 0.29) is 22.6 Å². The second-order valence-electron chi connectivity index (χ2n) is 10.6. The van der Waals surface area contributed by atoms with Crippen LogP contribution in [-0.4, -0.2) is 38.5 Å². The Morgan fingerprint density at radius 2 is 1.51 bits per heavy atom.